The van der Waals surface area contributed by atoms with E-state index in [0.29, 0.717) is 35.4 Å². The Balaban J connectivity index is 1.75. The number of thiazole rings is 1. The highest BCUT2D eigenvalue weighted by molar-refractivity contribution is 7.17. The van der Waals surface area contributed by atoms with Gasteiger partial charge in [0, 0.05) is 18.0 Å². The normalized spacial score (nSPS) is 18.6. The van der Waals surface area contributed by atoms with Crippen molar-refractivity contribution in [2.24, 2.45) is 5.92 Å². The van der Waals surface area contributed by atoms with Gasteiger partial charge in [0.15, 0.2) is 5.82 Å². The largest absolute Gasteiger partial charge is 0.492 e. The van der Waals surface area contributed by atoms with Crippen LogP contribution in [-0.2, 0) is 16.0 Å². The number of carbonyl (C=O) groups excluding carboxylic acids is 1. The molecule has 1 fully saturated rings. The van der Waals surface area contributed by atoms with E-state index in [-0.39, 0.29) is 23.8 Å². The van der Waals surface area contributed by atoms with E-state index in [4.69, 9.17) is 16.3 Å². The third-order valence-corrected chi connectivity index (χ3v) is 6.72. The van der Waals surface area contributed by atoms with Crippen molar-refractivity contribution in [1.29, 1.82) is 0 Å². The van der Waals surface area contributed by atoms with Crippen LogP contribution in [0, 0.1) is 5.92 Å². The number of nitrogens with zero attached hydrogens (tertiary/aromatic N) is 4. The van der Waals surface area contributed by atoms with Crippen molar-refractivity contribution >= 4 is 33.9 Å². The van der Waals surface area contributed by atoms with Crippen molar-refractivity contribution < 1.29 is 14.6 Å². The standard InChI is InChI=1S/C21H25ClN4O3S/c1-3-16-23-21-26(24-16)19(27)18(30-21)17(13-7-5-9-15(22)11-13)25-10-6-8-14(12-25)20(28)29-4-2/h5,7,9,11,14,17,27H,3-4,6,8,10,12H2,1-2H3. The van der Waals surface area contributed by atoms with Gasteiger partial charge in [-0.15, -0.1) is 5.10 Å². The Bertz CT molecular complexity index is 1050. The van der Waals surface area contributed by atoms with E-state index in [1.807, 2.05) is 38.1 Å². The van der Waals surface area contributed by atoms with Crippen LogP contribution in [0.4, 0.5) is 0 Å². The molecule has 2 atom stereocenters. The first kappa shape index (κ1) is 21.1. The molecule has 0 saturated carbocycles. The number of esters is 1. The van der Waals surface area contributed by atoms with Crippen LogP contribution in [-0.4, -0.2) is 50.3 Å². The highest BCUT2D eigenvalue weighted by Crippen LogP contribution is 2.42. The molecule has 3 heterocycles. The van der Waals surface area contributed by atoms with Crippen molar-refractivity contribution in [1.82, 2.24) is 19.5 Å². The number of aromatic nitrogens is 3. The van der Waals surface area contributed by atoms with Gasteiger partial charge in [-0.05, 0) is 44.0 Å². The molecule has 0 bridgehead atoms. The first-order valence-corrected chi connectivity index (χ1v) is 11.4. The van der Waals surface area contributed by atoms with E-state index in [1.54, 1.807) is 0 Å². The number of carbonyl (C=O) groups is 1. The summed E-state index contributed by atoms with van der Waals surface area (Å²) < 4.78 is 6.77. The Morgan fingerprint density at radius 1 is 1.43 bits per heavy atom. The smallest absolute Gasteiger partial charge is 0.310 e. The van der Waals surface area contributed by atoms with E-state index in [1.165, 1.54) is 15.9 Å². The first-order valence-electron chi connectivity index (χ1n) is 10.2. The summed E-state index contributed by atoms with van der Waals surface area (Å²) in [4.78, 5) is 20.5. The fraction of sp³-hybridized carbons (Fsp3) is 0.476. The molecule has 0 radical (unpaired) electrons. The highest BCUT2D eigenvalue weighted by Gasteiger charge is 2.35. The number of piperidine rings is 1. The van der Waals surface area contributed by atoms with Crippen molar-refractivity contribution in [3.05, 3.63) is 45.6 Å². The second-order valence-electron chi connectivity index (χ2n) is 7.41. The number of likely N-dealkylation sites (tertiary alicyclic amines) is 1. The molecule has 2 unspecified atom stereocenters. The molecule has 1 saturated heterocycles. The molecule has 9 heteroatoms. The summed E-state index contributed by atoms with van der Waals surface area (Å²) in [5.74, 6) is 0.441. The third-order valence-electron chi connectivity index (χ3n) is 5.41. The predicted octanol–water partition coefficient (Wildman–Crippen LogP) is 4.08. The van der Waals surface area contributed by atoms with Gasteiger partial charge in [-0.25, -0.2) is 4.98 Å². The maximum absolute atomic E-state index is 12.4. The molecule has 3 aromatic rings. The maximum atomic E-state index is 12.4. The molecule has 1 aliphatic heterocycles. The fourth-order valence-electron chi connectivity index (χ4n) is 4.02. The summed E-state index contributed by atoms with van der Waals surface area (Å²) >= 11 is 7.71. The zero-order valence-electron chi connectivity index (χ0n) is 17.0. The number of hydrogen-bond donors (Lipinski definition) is 1. The van der Waals surface area contributed by atoms with Crippen LogP contribution in [0.2, 0.25) is 5.02 Å². The van der Waals surface area contributed by atoms with Crippen LogP contribution in [0.5, 0.6) is 5.88 Å². The summed E-state index contributed by atoms with van der Waals surface area (Å²) in [5.41, 5.74) is 0.961. The molecule has 2 aromatic heterocycles. The van der Waals surface area contributed by atoms with E-state index >= 15 is 0 Å². The van der Waals surface area contributed by atoms with Crippen LogP contribution >= 0.6 is 22.9 Å². The topological polar surface area (TPSA) is 80.0 Å². The second kappa shape index (κ2) is 8.91. The first-order chi connectivity index (χ1) is 14.5. The van der Waals surface area contributed by atoms with E-state index in [0.717, 1.165) is 29.8 Å². The lowest BCUT2D eigenvalue weighted by molar-refractivity contribution is -0.150. The molecule has 0 aliphatic carbocycles. The Kier molecular flexibility index (Phi) is 6.26. The zero-order valence-corrected chi connectivity index (χ0v) is 18.6. The number of hydrogen-bond acceptors (Lipinski definition) is 7. The summed E-state index contributed by atoms with van der Waals surface area (Å²) in [6.45, 7) is 5.55. The SMILES string of the molecule is CCOC(=O)C1CCCN(C(c2cccc(Cl)c2)c2sc3nc(CC)nn3c2O)C1. The van der Waals surface area contributed by atoms with Crippen LogP contribution in [0.3, 0.4) is 0 Å². The number of rotatable bonds is 6. The Morgan fingerprint density at radius 2 is 2.27 bits per heavy atom. The quantitative estimate of drug-likeness (QED) is 0.572. The van der Waals surface area contributed by atoms with Gasteiger partial charge in [0.25, 0.3) is 0 Å². The lowest BCUT2D eigenvalue weighted by atomic mass is 9.94. The molecule has 0 amide bonds. The van der Waals surface area contributed by atoms with Crippen LogP contribution in [0.25, 0.3) is 4.96 Å². The maximum Gasteiger partial charge on any atom is 0.310 e. The molecular weight excluding hydrogens is 424 g/mol. The van der Waals surface area contributed by atoms with Gasteiger partial charge in [-0.2, -0.15) is 4.52 Å². The minimum Gasteiger partial charge on any atom is -0.492 e. The number of aryl methyl sites for hydroxylation is 1. The average molecular weight is 449 g/mol. The van der Waals surface area contributed by atoms with E-state index < -0.39 is 0 Å². The third kappa shape index (κ3) is 4.04. The molecule has 1 aromatic carbocycles. The number of halogens is 1. The van der Waals surface area contributed by atoms with Crippen LogP contribution < -0.4 is 0 Å². The molecule has 160 valence electrons. The Labute approximate surface area is 184 Å². The summed E-state index contributed by atoms with van der Waals surface area (Å²) in [5, 5.41) is 16.0. The molecule has 1 aliphatic rings. The highest BCUT2D eigenvalue weighted by atomic mass is 35.5. The van der Waals surface area contributed by atoms with Gasteiger partial charge >= 0.3 is 5.97 Å². The molecule has 0 spiro atoms. The minimum absolute atomic E-state index is 0.0884. The summed E-state index contributed by atoms with van der Waals surface area (Å²) in [6.07, 6.45) is 2.38. The van der Waals surface area contributed by atoms with E-state index in [2.05, 4.69) is 15.0 Å². The Morgan fingerprint density at radius 3 is 2.97 bits per heavy atom. The number of ether oxygens (including phenoxy) is 1. The van der Waals surface area contributed by atoms with Crippen LogP contribution in [0.1, 0.15) is 49.0 Å². The van der Waals surface area contributed by atoms with Crippen molar-refractivity contribution in [2.45, 2.75) is 39.2 Å². The minimum atomic E-state index is -0.250. The number of aromatic hydroxyl groups is 1. The van der Waals surface area contributed by atoms with Crippen LogP contribution in [0.15, 0.2) is 24.3 Å². The van der Waals surface area contributed by atoms with Gasteiger partial charge in [0.05, 0.1) is 23.4 Å². The molecule has 7 nitrogen and oxygen atoms in total. The average Bonchev–Trinajstić information content (AvgIpc) is 3.28. The van der Waals surface area contributed by atoms with E-state index in [9.17, 15) is 9.90 Å². The zero-order chi connectivity index (χ0) is 21.3. The molecular formula is C21H25ClN4O3S. The van der Waals surface area contributed by atoms with Gasteiger partial charge in [0.1, 0.15) is 0 Å². The summed E-state index contributed by atoms with van der Waals surface area (Å²) in [6, 6.07) is 7.39. The van der Waals surface area contributed by atoms with Crippen molar-refractivity contribution in [2.75, 3.05) is 19.7 Å². The van der Waals surface area contributed by atoms with Crippen molar-refractivity contribution in [3.63, 3.8) is 0 Å². The lowest BCUT2D eigenvalue weighted by Gasteiger charge is -2.37. The van der Waals surface area contributed by atoms with Gasteiger partial charge < -0.3 is 9.84 Å². The van der Waals surface area contributed by atoms with Gasteiger partial charge in [0.2, 0.25) is 10.8 Å². The summed E-state index contributed by atoms with van der Waals surface area (Å²) in [7, 11) is 0. The van der Waals surface area contributed by atoms with Gasteiger partial charge in [-0.1, -0.05) is 42.0 Å². The second-order valence-corrected chi connectivity index (χ2v) is 8.86. The molecule has 30 heavy (non-hydrogen) atoms. The van der Waals surface area contributed by atoms with Crippen molar-refractivity contribution in [3.8, 4) is 5.88 Å². The molecule has 4 rings (SSSR count). The molecule has 1 N–H and O–H groups in total. The number of benzene rings is 1. The lowest BCUT2D eigenvalue weighted by Crippen LogP contribution is -2.41. The Hall–Kier alpha value is -2.16. The fourth-order valence-corrected chi connectivity index (χ4v) is 5.35. The predicted molar refractivity (Wildman–Crippen MR) is 116 cm³/mol. The monoisotopic (exact) mass is 448 g/mol. The van der Waals surface area contributed by atoms with Gasteiger partial charge in [-0.3, -0.25) is 9.69 Å². The number of fused-ring (bicyclic) bond motifs is 1.